The van der Waals surface area contributed by atoms with Crippen molar-refractivity contribution in [3.63, 3.8) is 0 Å². The van der Waals surface area contributed by atoms with Crippen molar-refractivity contribution in [1.29, 1.82) is 0 Å². The van der Waals surface area contributed by atoms with Crippen LogP contribution < -0.4 is 15.4 Å². The highest BCUT2D eigenvalue weighted by Crippen LogP contribution is 2.29. The Balaban J connectivity index is 2.10. The zero-order valence-electron chi connectivity index (χ0n) is 13.7. The second-order valence-electron chi connectivity index (χ2n) is 6.05. The molecule has 0 fully saturated rings. The Morgan fingerprint density at radius 3 is 2.58 bits per heavy atom. The van der Waals surface area contributed by atoms with Crippen LogP contribution in [0.15, 0.2) is 28.8 Å². The van der Waals surface area contributed by atoms with Gasteiger partial charge in [0.1, 0.15) is 11.5 Å². The molecule has 0 spiro atoms. The van der Waals surface area contributed by atoms with Crippen LogP contribution in [0.4, 0.5) is 17.2 Å². The minimum atomic E-state index is -0.494. The lowest BCUT2D eigenvalue weighted by Crippen LogP contribution is -2.19. The lowest BCUT2D eigenvalue weighted by Gasteiger charge is -2.12. The molecule has 1 aromatic carbocycles. The van der Waals surface area contributed by atoms with Crippen LogP contribution in [-0.4, -0.2) is 22.3 Å². The van der Waals surface area contributed by atoms with E-state index in [2.05, 4.69) is 15.8 Å². The van der Waals surface area contributed by atoms with Gasteiger partial charge in [0, 0.05) is 17.5 Å². The molecule has 24 heavy (non-hydrogen) atoms. The first kappa shape index (κ1) is 17.7. The molecule has 8 nitrogen and oxygen atoms in total. The van der Waals surface area contributed by atoms with Gasteiger partial charge in [-0.25, -0.2) is 0 Å². The predicted octanol–water partition coefficient (Wildman–Crippen LogP) is 3.70. The second kappa shape index (κ2) is 6.83. The lowest BCUT2D eigenvalue weighted by atomic mass is 9.93. The Morgan fingerprint density at radius 2 is 2.04 bits per heavy atom. The zero-order chi connectivity index (χ0) is 17.9. The largest absolute Gasteiger partial charge is 0.494 e. The molecule has 0 aliphatic carbocycles. The van der Waals surface area contributed by atoms with Crippen molar-refractivity contribution >= 4 is 34.5 Å². The number of nitro benzene ring substituents is 1. The van der Waals surface area contributed by atoms with E-state index in [-0.39, 0.29) is 16.2 Å². The van der Waals surface area contributed by atoms with Gasteiger partial charge in [-0.1, -0.05) is 25.9 Å². The molecule has 2 rings (SSSR count). The average molecular weight is 350 g/mol. The minimum Gasteiger partial charge on any atom is -0.494 e. The molecule has 0 saturated carbocycles. The summed E-state index contributed by atoms with van der Waals surface area (Å²) in [4.78, 5) is 10.3. The Hall–Kier alpha value is -2.68. The van der Waals surface area contributed by atoms with Crippen molar-refractivity contribution in [3.05, 3.63) is 40.1 Å². The third-order valence-electron chi connectivity index (χ3n) is 3.14. The van der Waals surface area contributed by atoms with Crippen LogP contribution in [-0.2, 0) is 5.41 Å². The third kappa shape index (κ3) is 4.19. The number of rotatable bonds is 4. The van der Waals surface area contributed by atoms with E-state index in [9.17, 15) is 10.1 Å². The maximum Gasteiger partial charge on any atom is 0.273 e. The van der Waals surface area contributed by atoms with Crippen LogP contribution >= 0.6 is 12.2 Å². The highest BCUT2D eigenvalue weighted by atomic mass is 32.1. The molecule has 2 aromatic rings. The van der Waals surface area contributed by atoms with Crippen LogP contribution in [0.25, 0.3) is 0 Å². The van der Waals surface area contributed by atoms with E-state index < -0.39 is 4.92 Å². The van der Waals surface area contributed by atoms with Gasteiger partial charge in [0.25, 0.3) is 5.69 Å². The summed E-state index contributed by atoms with van der Waals surface area (Å²) in [5.74, 6) is 1.50. The summed E-state index contributed by atoms with van der Waals surface area (Å²) in [5.41, 5.74) is 0.270. The van der Waals surface area contributed by atoms with Crippen molar-refractivity contribution in [1.82, 2.24) is 5.16 Å². The van der Waals surface area contributed by atoms with Crippen molar-refractivity contribution < 1.29 is 14.2 Å². The number of nitrogens with one attached hydrogen (secondary N) is 2. The number of ether oxygens (including phenoxy) is 1. The maximum atomic E-state index is 10.8. The first-order chi connectivity index (χ1) is 11.2. The van der Waals surface area contributed by atoms with Crippen molar-refractivity contribution in [2.45, 2.75) is 26.2 Å². The van der Waals surface area contributed by atoms with Crippen molar-refractivity contribution in [2.24, 2.45) is 0 Å². The third-order valence-corrected chi connectivity index (χ3v) is 3.34. The lowest BCUT2D eigenvalue weighted by molar-refractivity contribution is -0.384. The summed E-state index contributed by atoms with van der Waals surface area (Å²) in [6, 6.07) is 5.97. The van der Waals surface area contributed by atoms with Crippen LogP contribution in [0, 0.1) is 10.1 Å². The SMILES string of the molecule is COc1cc([N+](=O)[O-])ccc1NC(=S)Nc1cc(C(C)(C)C)on1. The van der Waals surface area contributed by atoms with Gasteiger partial charge in [-0.2, -0.15) is 0 Å². The van der Waals surface area contributed by atoms with Gasteiger partial charge in [0.15, 0.2) is 10.9 Å². The molecule has 1 heterocycles. The van der Waals surface area contributed by atoms with E-state index >= 15 is 0 Å². The number of methoxy groups -OCH3 is 1. The number of hydrogen-bond acceptors (Lipinski definition) is 6. The number of aromatic nitrogens is 1. The summed E-state index contributed by atoms with van der Waals surface area (Å²) in [5, 5.41) is 20.8. The van der Waals surface area contributed by atoms with Gasteiger partial charge in [-0.15, -0.1) is 0 Å². The molecular weight excluding hydrogens is 332 g/mol. The number of benzene rings is 1. The molecule has 0 radical (unpaired) electrons. The molecule has 0 bridgehead atoms. The molecule has 128 valence electrons. The van der Waals surface area contributed by atoms with Crippen LogP contribution in [0.2, 0.25) is 0 Å². The molecule has 0 atom stereocenters. The normalized spacial score (nSPS) is 11.0. The number of hydrogen-bond donors (Lipinski definition) is 2. The van der Waals surface area contributed by atoms with E-state index in [1.807, 2.05) is 20.8 Å². The highest BCUT2D eigenvalue weighted by molar-refractivity contribution is 7.80. The van der Waals surface area contributed by atoms with E-state index in [4.69, 9.17) is 21.5 Å². The quantitative estimate of drug-likeness (QED) is 0.489. The minimum absolute atomic E-state index is 0.0670. The monoisotopic (exact) mass is 350 g/mol. The van der Waals surface area contributed by atoms with E-state index in [0.29, 0.717) is 17.3 Å². The topological polar surface area (TPSA) is 102 Å². The first-order valence-corrected chi connectivity index (χ1v) is 7.49. The fraction of sp³-hybridized carbons (Fsp3) is 0.333. The predicted molar refractivity (Wildman–Crippen MR) is 94.7 cm³/mol. The number of non-ortho nitro benzene ring substituents is 1. The smallest absolute Gasteiger partial charge is 0.273 e. The summed E-state index contributed by atoms with van der Waals surface area (Å²) < 4.78 is 10.4. The Bertz CT molecular complexity index is 767. The molecule has 0 amide bonds. The number of thiocarbonyl (C=S) groups is 1. The molecule has 0 aliphatic rings. The Labute approximate surface area is 144 Å². The van der Waals surface area contributed by atoms with E-state index in [1.165, 1.54) is 25.3 Å². The van der Waals surface area contributed by atoms with Crippen LogP contribution in [0.3, 0.4) is 0 Å². The molecule has 0 unspecified atom stereocenters. The van der Waals surface area contributed by atoms with Gasteiger partial charge in [0.2, 0.25) is 0 Å². The summed E-state index contributed by atoms with van der Waals surface area (Å²) in [7, 11) is 1.42. The first-order valence-electron chi connectivity index (χ1n) is 7.08. The molecule has 1 aromatic heterocycles. The van der Waals surface area contributed by atoms with Crippen molar-refractivity contribution in [3.8, 4) is 5.75 Å². The number of nitrogens with zero attached hydrogens (tertiary/aromatic N) is 2. The van der Waals surface area contributed by atoms with E-state index in [0.717, 1.165) is 5.76 Å². The Kier molecular flexibility index (Phi) is 5.03. The van der Waals surface area contributed by atoms with Crippen molar-refractivity contribution in [2.75, 3.05) is 17.7 Å². The standard InChI is InChI=1S/C15H18N4O4S/c1-15(2,3)12-8-13(18-23-12)17-14(24)16-10-6-5-9(19(20)21)7-11(10)22-4/h5-8H,1-4H3,(H2,16,17,18,24). The number of anilines is 2. The van der Waals surface area contributed by atoms with Gasteiger partial charge in [0.05, 0.1) is 23.8 Å². The van der Waals surface area contributed by atoms with E-state index in [1.54, 1.807) is 6.07 Å². The zero-order valence-corrected chi connectivity index (χ0v) is 14.6. The van der Waals surface area contributed by atoms with Crippen LogP contribution in [0.1, 0.15) is 26.5 Å². The average Bonchev–Trinajstić information content (AvgIpc) is 2.95. The van der Waals surface area contributed by atoms with Gasteiger partial charge in [-0.05, 0) is 18.3 Å². The Morgan fingerprint density at radius 1 is 1.33 bits per heavy atom. The van der Waals surface area contributed by atoms with Gasteiger partial charge in [-0.3, -0.25) is 10.1 Å². The highest BCUT2D eigenvalue weighted by Gasteiger charge is 2.20. The maximum absolute atomic E-state index is 10.8. The van der Waals surface area contributed by atoms with Crippen LogP contribution in [0.5, 0.6) is 5.75 Å². The molecule has 0 aliphatic heterocycles. The number of nitro groups is 1. The molecular formula is C15H18N4O4S. The fourth-order valence-electron chi connectivity index (χ4n) is 1.85. The fourth-order valence-corrected chi connectivity index (χ4v) is 2.07. The summed E-state index contributed by atoms with van der Waals surface area (Å²) >= 11 is 5.22. The van der Waals surface area contributed by atoms with Gasteiger partial charge < -0.3 is 19.9 Å². The molecule has 0 saturated heterocycles. The second-order valence-corrected chi connectivity index (χ2v) is 6.46. The molecule has 2 N–H and O–H groups in total. The summed E-state index contributed by atoms with van der Waals surface area (Å²) in [6.45, 7) is 6.03. The van der Waals surface area contributed by atoms with Gasteiger partial charge >= 0.3 is 0 Å². The molecule has 9 heteroatoms. The summed E-state index contributed by atoms with van der Waals surface area (Å²) in [6.07, 6.45) is 0.